The molecule has 3 amide bonds. The zero-order valence-corrected chi connectivity index (χ0v) is 11.6. The zero-order valence-electron chi connectivity index (χ0n) is 10.1. The van der Waals surface area contributed by atoms with Crippen LogP contribution in [0.15, 0.2) is 12.3 Å². The van der Waals surface area contributed by atoms with Gasteiger partial charge >= 0.3 is 6.03 Å². The van der Waals surface area contributed by atoms with Gasteiger partial charge in [-0.25, -0.2) is 14.7 Å². The quantitative estimate of drug-likeness (QED) is 0.854. The van der Waals surface area contributed by atoms with Gasteiger partial charge in [-0.05, 0) is 31.7 Å². The lowest BCUT2D eigenvalue weighted by Crippen LogP contribution is -2.46. The maximum atomic E-state index is 12.5. The molecule has 1 saturated carbocycles. The lowest BCUT2D eigenvalue weighted by molar-refractivity contribution is -0.122. The van der Waals surface area contributed by atoms with Crippen molar-refractivity contribution in [1.82, 2.24) is 10.3 Å². The van der Waals surface area contributed by atoms with E-state index in [4.69, 9.17) is 23.2 Å². The van der Waals surface area contributed by atoms with Crippen molar-refractivity contribution in [3.63, 3.8) is 0 Å². The van der Waals surface area contributed by atoms with Gasteiger partial charge in [0.25, 0.3) is 5.91 Å². The molecule has 2 heterocycles. The molecule has 1 aliphatic carbocycles. The van der Waals surface area contributed by atoms with Gasteiger partial charge in [0.15, 0.2) is 5.82 Å². The number of urea groups is 1. The van der Waals surface area contributed by atoms with Gasteiger partial charge in [0.1, 0.15) is 10.6 Å². The van der Waals surface area contributed by atoms with E-state index in [1.807, 2.05) is 0 Å². The fraction of sp³-hybridized carbons (Fsp3) is 0.417. The molecule has 1 N–H and O–H groups in total. The van der Waals surface area contributed by atoms with Crippen LogP contribution in [0.1, 0.15) is 19.8 Å². The number of nitrogens with zero attached hydrogens (tertiary/aromatic N) is 2. The van der Waals surface area contributed by atoms with Gasteiger partial charge in [-0.2, -0.15) is 0 Å². The monoisotopic (exact) mass is 299 g/mol. The van der Waals surface area contributed by atoms with Crippen LogP contribution in [0.5, 0.6) is 0 Å². The van der Waals surface area contributed by atoms with Crippen LogP contribution in [0, 0.1) is 5.92 Å². The van der Waals surface area contributed by atoms with Crippen molar-refractivity contribution in [2.24, 2.45) is 5.92 Å². The minimum absolute atomic E-state index is 0.0843. The third-order valence-electron chi connectivity index (χ3n) is 3.65. The van der Waals surface area contributed by atoms with E-state index in [1.165, 1.54) is 12.3 Å². The highest BCUT2D eigenvalue weighted by Crippen LogP contribution is 2.44. The lowest BCUT2D eigenvalue weighted by Gasteiger charge is -2.20. The number of carbonyl (C=O) groups is 2. The van der Waals surface area contributed by atoms with E-state index in [0.717, 1.165) is 17.7 Å². The van der Waals surface area contributed by atoms with E-state index >= 15 is 0 Å². The molecular weight excluding hydrogens is 289 g/mol. The average molecular weight is 300 g/mol. The highest BCUT2D eigenvalue weighted by Gasteiger charge is 2.57. The number of rotatable bonds is 2. The van der Waals surface area contributed by atoms with Crippen molar-refractivity contribution in [2.45, 2.75) is 25.3 Å². The summed E-state index contributed by atoms with van der Waals surface area (Å²) in [6.45, 7) is 1.74. The molecular formula is C12H11Cl2N3O2. The summed E-state index contributed by atoms with van der Waals surface area (Å²) in [4.78, 5) is 29.5. The molecule has 1 aromatic heterocycles. The number of nitrogens with one attached hydrogen (secondary N) is 1. The summed E-state index contributed by atoms with van der Waals surface area (Å²) in [5, 5.41) is 3.09. The van der Waals surface area contributed by atoms with E-state index < -0.39 is 11.6 Å². The maximum Gasteiger partial charge on any atom is 0.330 e. The number of hydrogen-bond acceptors (Lipinski definition) is 3. The first-order chi connectivity index (χ1) is 8.95. The normalized spacial score (nSPS) is 26.8. The smallest absolute Gasteiger partial charge is 0.323 e. The van der Waals surface area contributed by atoms with Gasteiger partial charge in [0, 0.05) is 6.20 Å². The molecule has 1 aliphatic heterocycles. The van der Waals surface area contributed by atoms with E-state index in [9.17, 15) is 9.59 Å². The molecule has 19 heavy (non-hydrogen) atoms. The van der Waals surface area contributed by atoms with E-state index in [2.05, 4.69) is 10.3 Å². The Bertz CT molecular complexity index is 588. The summed E-state index contributed by atoms with van der Waals surface area (Å²) in [6, 6.07) is 1.00. The summed E-state index contributed by atoms with van der Waals surface area (Å²) in [7, 11) is 0. The number of carbonyl (C=O) groups excluding carboxylic acids is 2. The molecule has 5 nitrogen and oxygen atoms in total. The number of amides is 3. The van der Waals surface area contributed by atoms with Crippen molar-refractivity contribution in [2.75, 3.05) is 4.90 Å². The van der Waals surface area contributed by atoms with Gasteiger partial charge in [0.05, 0.1) is 5.02 Å². The average Bonchev–Trinajstić information content (AvgIpc) is 3.15. The first-order valence-electron chi connectivity index (χ1n) is 5.92. The summed E-state index contributed by atoms with van der Waals surface area (Å²) >= 11 is 11.9. The Kier molecular flexibility index (Phi) is 2.73. The van der Waals surface area contributed by atoms with Gasteiger partial charge < -0.3 is 5.32 Å². The molecule has 0 spiro atoms. The molecule has 100 valence electrons. The van der Waals surface area contributed by atoms with E-state index in [1.54, 1.807) is 6.92 Å². The van der Waals surface area contributed by atoms with Crippen molar-refractivity contribution in [3.05, 3.63) is 22.3 Å². The van der Waals surface area contributed by atoms with Crippen molar-refractivity contribution < 1.29 is 9.59 Å². The zero-order chi connectivity index (χ0) is 13.8. The highest BCUT2D eigenvalue weighted by molar-refractivity contribution is 6.44. The molecule has 1 unspecified atom stereocenters. The Balaban J connectivity index is 2.03. The summed E-state index contributed by atoms with van der Waals surface area (Å²) in [6.07, 6.45) is 3.29. The van der Waals surface area contributed by atoms with Crippen LogP contribution < -0.4 is 10.2 Å². The van der Waals surface area contributed by atoms with Crippen molar-refractivity contribution in [1.29, 1.82) is 0 Å². The van der Waals surface area contributed by atoms with E-state index in [-0.39, 0.29) is 27.7 Å². The second kappa shape index (κ2) is 4.08. The standard InChI is InChI=1S/C12H11Cl2N3O2/c1-12(6-2-3-6)10(18)17(11(19)16-12)9-8(14)7(13)4-5-15-9/h4-6H,2-3H2,1H3,(H,16,19). The summed E-state index contributed by atoms with van der Waals surface area (Å²) in [5.74, 6) is -0.0513. The third-order valence-corrected chi connectivity index (χ3v) is 4.43. The van der Waals surface area contributed by atoms with Crippen molar-refractivity contribution in [3.8, 4) is 0 Å². The molecule has 3 rings (SSSR count). The largest absolute Gasteiger partial charge is 0.330 e. The predicted molar refractivity (Wildman–Crippen MR) is 71.4 cm³/mol. The topological polar surface area (TPSA) is 62.3 Å². The fourth-order valence-corrected chi connectivity index (χ4v) is 2.69. The Morgan fingerprint density at radius 2 is 2.11 bits per heavy atom. The minimum Gasteiger partial charge on any atom is -0.323 e. The number of pyridine rings is 1. The Morgan fingerprint density at radius 1 is 1.42 bits per heavy atom. The Labute approximate surface area is 119 Å². The summed E-state index contributed by atoms with van der Waals surface area (Å²) < 4.78 is 0. The van der Waals surface area contributed by atoms with Crippen LogP contribution in [-0.4, -0.2) is 22.5 Å². The first-order valence-corrected chi connectivity index (χ1v) is 6.67. The molecule has 0 radical (unpaired) electrons. The second-order valence-corrected chi connectivity index (χ2v) is 5.76. The molecule has 2 aliphatic rings. The van der Waals surface area contributed by atoms with Crippen LogP contribution in [0.3, 0.4) is 0 Å². The van der Waals surface area contributed by atoms with Crippen LogP contribution in [-0.2, 0) is 4.79 Å². The molecule has 0 aromatic carbocycles. The predicted octanol–water partition coefficient (Wildman–Crippen LogP) is 2.61. The highest BCUT2D eigenvalue weighted by atomic mass is 35.5. The lowest BCUT2D eigenvalue weighted by atomic mass is 9.96. The van der Waals surface area contributed by atoms with Crippen molar-refractivity contribution >= 4 is 41.0 Å². The number of anilines is 1. The third kappa shape index (κ3) is 1.80. The fourth-order valence-electron chi connectivity index (χ4n) is 2.35. The van der Waals surface area contributed by atoms with Crippen LogP contribution >= 0.6 is 23.2 Å². The molecule has 2 fully saturated rings. The van der Waals surface area contributed by atoms with Gasteiger partial charge in [-0.3, -0.25) is 4.79 Å². The Morgan fingerprint density at radius 3 is 2.74 bits per heavy atom. The first kappa shape index (κ1) is 12.7. The number of halogens is 2. The molecule has 0 bridgehead atoms. The van der Waals surface area contributed by atoms with E-state index in [0.29, 0.717) is 0 Å². The number of aromatic nitrogens is 1. The van der Waals surface area contributed by atoms with Crippen LogP contribution in [0.25, 0.3) is 0 Å². The second-order valence-electron chi connectivity index (χ2n) is 4.98. The number of hydrogen-bond donors (Lipinski definition) is 1. The minimum atomic E-state index is -0.857. The van der Waals surface area contributed by atoms with Crippen LogP contribution in [0.2, 0.25) is 10.0 Å². The molecule has 7 heteroatoms. The van der Waals surface area contributed by atoms with Gasteiger partial charge in [-0.1, -0.05) is 23.2 Å². The maximum absolute atomic E-state index is 12.5. The molecule has 1 aromatic rings. The van der Waals surface area contributed by atoms with Gasteiger partial charge in [0.2, 0.25) is 0 Å². The summed E-state index contributed by atoms with van der Waals surface area (Å²) in [5.41, 5.74) is -0.857. The van der Waals surface area contributed by atoms with Crippen LogP contribution in [0.4, 0.5) is 10.6 Å². The molecule has 1 atom stereocenters. The number of imide groups is 1. The molecule has 1 saturated heterocycles. The SMILES string of the molecule is CC1(C2CC2)NC(=O)N(c2nccc(Cl)c2Cl)C1=O. The van der Waals surface area contributed by atoms with Gasteiger partial charge in [-0.15, -0.1) is 0 Å². The Hall–Kier alpha value is -1.33.